The number of thiocarbonyl (C=S) groups is 1. The molecule has 9 nitrogen and oxygen atoms in total. The maximum absolute atomic E-state index is 13.3. The zero-order valence-corrected chi connectivity index (χ0v) is 19.4. The van der Waals surface area contributed by atoms with Gasteiger partial charge in [-0.2, -0.15) is 0 Å². The number of piperazine rings is 1. The summed E-state index contributed by atoms with van der Waals surface area (Å²) < 4.78 is 0. The van der Waals surface area contributed by atoms with Crippen molar-refractivity contribution in [2.24, 2.45) is 0 Å². The summed E-state index contributed by atoms with van der Waals surface area (Å²) in [5, 5.41) is 16.1. The van der Waals surface area contributed by atoms with Crippen LogP contribution in [0.3, 0.4) is 0 Å². The predicted molar refractivity (Wildman–Crippen MR) is 124 cm³/mol. The van der Waals surface area contributed by atoms with Crippen molar-refractivity contribution in [2.45, 2.75) is 6.92 Å². The van der Waals surface area contributed by atoms with Crippen LogP contribution in [0.5, 0.6) is 0 Å². The van der Waals surface area contributed by atoms with E-state index in [0.29, 0.717) is 11.3 Å². The topological polar surface area (TPSA) is 112 Å². The molecular weight excluding hydrogens is 466 g/mol. The first-order valence-corrected chi connectivity index (χ1v) is 10.6. The lowest BCUT2D eigenvalue weighted by Gasteiger charge is -2.30. The molecule has 2 heterocycles. The number of non-ortho nitro benzene ring substituents is 1. The molecule has 0 aromatic heterocycles. The van der Waals surface area contributed by atoms with Crippen LogP contribution in [0.15, 0.2) is 48.0 Å². The first-order chi connectivity index (χ1) is 15.3. The molecule has 2 aromatic rings. The molecule has 2 fully saturated rings. The molecule has 2 aromatic carbocycles. The first-order valence-electron chi connectivity index (χ1n) is 10.2. The molecule has 2 amide bonds. The third-order valence-electron chi connectivity index (χ3n) is 5.46. The molecule has 2 aliphatic rings. The zero-order valence-electron chi connectivity index (χ0n) is 17.8. The van der Waals surface area contributed by atoms with Crippen molar-refractivity contribution < 1.29 is 32.2 Å². The molecule has 0 radical (unpaired) electrons. The molecular formula is C22H22ClN5O4S. The van der Waals surface area contributed by atoms with Crippen LogP contribution in [0.1, 0.15) is 11.1 Å². The van der Waals surface area contributed by atoms with E-state index in [4.69, 9.17) is 12.2 Å². The third-order valence-corrected chi connectivity index (χ3v) is 5.75. The Morgan fingerprint density at radius 2 is 1.79 bits per heavy atom. The summed E-state index contributed by atoms with van der Waals surface area (Å²) in [6.45, 7) is 5.22. The van der Waals surface area contributed by atoms with Gasteiger partial charge in [0.1, 0.15) is 5.57 Å². The second kappa shape index (κ2) is 10.1. The van der Waals surface area contributed by atoms with Gasteiger partial charge in [-0.1, -0.05) is 17.7 Å². The minimum atomic E-state index is -0.632. The number of carbonyl (C=O) groups excluding carboxylic acids is 2. The Balaban J connectivity index is 0.00000306. The van der Waals surface area contributed by atoms with E-state index in [-0.39, 0.29) is 28.8 Å². The summed E-state index contributed by atoms with van der Waals surface area (Å²) in [5.41, 5.74) is 2.48. The summed E-state index contributed by atoms with van der Waals surface area (Å²) in [5.74, 6) is -1.21. The first kappa shape index (κ1) is 24.3. The van der Waals surface area contributed by atoms with Gasteiger partial charge in [-0.15, -0.1) is 0 Å². The largest absolute Gasteiger partial charge is 1.00 e. The summed E-state index contributed by atoms with van der Waals surface area (Å²) in [6, 6.07) is 11.7. The maximum atomic E-state index is 13.3. The fourth-order valence-corrected chi connectivity index (χ4v) is 4.07. The van der Waals surface area contributed by atoms with Gasteiger partial charge >= 0.3 is 0 Å². The van der Waals surface area contributed by atoms with E-state index in [9.17, 15) is 19.7 Å². The van der Waals surface area contributed by atoms with Crippen LogP contribution in [0.4, 0.5) is 17.1 Å². The number of hydrogen-bond donors (Lipinski definition) is 2. The number of hydrogen-bond acceptors (Lipinski definition) is 6. The average Bonchev–Trinajstić information content (AvgIpc) is 2.78. The number of nitro groups is 1. The highest BCUT2D eigenvalue weighted by molar-refractivity contribution is 7.80. The highest BCUT2D eigenvalue weighted by Gasteiger charge is 2.35. The van der Waals surface area contributed by atoms with E-state index >= 15 is 0 Å². The normalized spacial score (nSPS) is 17.6. The Morgan fingerprint density at radius 1 is 1.12 bits per heavy atom. The van der Waals surface area contributed by atoms with Crippen LogP contribution in [0.25, 0.3) is 6.08 Å². The van der Waals surface area contributed by atoms with E-state index in [0.717, 1.165) is 37.4 Å². The molecule has 0 atom stereocenters. The molecule has 3 N–H and O–H groups in total. The molecule has 2 aliphatic heterocycles. The van der Waals surface area contributed by atoms with Crippen molar-refractivity contribution in [1.82, 2.24) is 5.32 Å². The van der Waals surface area contributed by atoms with Crippen LogP contribution in [-0.4, -0.2) is 48.0 Å². The highest BCUT2D eigenvalue weighted by atomic mass is 35.5. The molecule has 33 heavy (non-hydrogen) atoms. The molecule has 172 valence electrons. The van der Waals surface area contributed by atoms with Gasteiger partial charge in [-0.25, -0.2) is 0 Å². The molecule has 2 saturated heterocycles. The van der Waals surface area contributed by atoms with Gasteiger partial charge in [0, 0.05) is 23.4 Å². The van der Waals surface area contributed by atoms with Crippen molar-refractivity contribution in [3.63, 3.8) is 0 Å². The maximum Gasteiger partial charge on any atom is 0.270 e. The number of benzene rings is 2. The Kier molecular flexibility index (Phi) is 7.42. The SMILES string of the molecule is Cc1ccc(N2C(=O)/C(=C\c3cc([N+](=O)[O-])ccc3N3CC[NH2+]CC3)C(=O)NC2=S)cc1.[Cl-]. The lowest BCUT2D eigenvalue weighted by molar-refractivity contribution is -0.655. The number of carbonyl (C=O) groups is 2. The number of nitrogens with two attached hydrogens (primary N) is 1. The Bertz CT molecular complexity index is 1150. The molecule has 0 saturated carbocycles. The Morgan fingerprint density at radius 3 is 2.42 bits per heavy atom. The van der Waals surface area contributed by atoms with E-state index < -0.39 is 16.7 Å². The van der Waals surface area contributed by atoms with Crippen molar-refractivity contribution in [2.75, 3.05) is 36.0 Å². The minimum absolute atomic E-state index is 0. The van der Waals surface area contributed by atoms with Crippen molar-refractivity contribution in [3.8, 4) is 0 Å². The lowest BCUT2D eigenvalue weighted by Crippen LogP contribution is -3.00. The number of nitro benzene ring substituents is 1. The van der Waals surface area contributed by atoms with Gasteiger partial charge in [0.05, 0.1) is 36.8 Å². The van der Waals surface area contributed by atoms with Gasteiger partial charge < -0.3 is 22.6 Å². The van der Waals surface area contributed by atoms with Gasteiger partial charge in [-0.3, -0.25) is 29.9 Å². The number of aryl methyl sites for hydroxylation is 1. The van der Waals surface area contributed by atoms with Crippen LogP contribution >= 0.6 is 12.2 Å². The predicted octanol–water partition coefficient (Wildman–Crippen LogP) is -1.88. The van der Waals surface area contributed by atoms with E-state index in [1.54, 1.807) is 18.2 Å². The fourth-order valence-electron chi connectivity index (χ4n) is 3.79. The summed E-state index contributed by atoms with van der Waals surface area (Å²) >= 11 is 5.24. The number of rotatable bonds is 4. The second-order valence-corrected chi connectivity index (χ2v) is 8.03. The molecule has 0 aliphatic carbocycles. The number of halogens is 1. The fraction of sp³-hybridized carbons (Fsp3) is 0.227. The van der Waals surface area contributed by atoms with E-state index in [2.05, 4.69) is 15.5 Å². The number of anilines is 2. The summed E-state index contributed by atoms with van der Waals surface area (Å²) in [7, 11) is 0. The quantitative estimate of drug-likeness (QED) is 0.172. The molecule has 11 heteroatoms. The molecule has 0 bridgehead atoms. The number of nitrogens with zero attached hydrogens (tertiary/aromatic N) is 3. The standard InChI is InChI=1S/C22H21N5O4S.ClH/c1-14-2-4-16(5-3-14)26-21(29)18(20(28)24-22(26)32)13-15-12-17(27(30)31)6-7-19(15)25-10-8-23-9-11-25;/h2-7,12-13,23H,8-11H2,1H3,(H,24,28,32);1H/b18-13-;. The van der Waals surface area contributed by atoms with E-state index in [1.807, 2.05) is 19.1 Å². The monoisotopic (exact) mass is 487 g/mol. The number of nitrogens with one attached hydrogen (secondary N) is 1. The molecule has 0 spiro atoms. The zero-order chi connectivity index (χ0) is 22.8. The van der Waals surface area contributed by atoms with Crippen LogP contribution in [-0.2, 0) is 9.59 Å². The second-order valence-electron chi connectivity index (χ2n) is 7.65. The van der Waals surface area contributed by atoms with Crippen LogP contribution in [0.2, 0.25) is 0 Å². The molecule has 4 rings (SSSR count). The lowest BCUT2D eigenvalue weighted by atomic mass is 10.0. The van der Waals surface area contributed by atoms with Crippen LogP contribution in [0, 0.1) is 17.0 Å². The van der Waals surface area contributed by atoms with Gasteiger partial charge in [-0.05, 0) is 43.4 Å². The Labute approximate surface area is 202 Å². The smallest absolute Gasteiger partial charge is 0.270 e. The van der Waals surface area contributed by atoms with Crippen LogP contribution < -0.4 is 32.8 Å². The third kappa shape index (κ3) is 5.03. The Hall–Kier alpha value is -3.34. The van der Waals surface area contributed by atoms with Crippen molar-refractivity contribution in [3.05, 3.63) is 69.3 Å². The minimum Gasteiger partial charge on any atom is -1.00 e. The average molecular weight is 488 g/mol. The number of amides is 2. The summed E-state index contributed by atoms with van der Waals surface area (Å²) in [6.07, 6.45) is 1.42. The van der Waals surface area contributed by atoms with Gasteiger partial charge in [0.25, 0.3) is 17.5 Å². The van der Waals surface area contributed by atoms with Crippen molar-refractivity contribution >= 4 is 52.3 Å². The summed E-state index contributed by atoms with van der Waals surface area (Å²) in [4.78, 5) is 40.2. The van der Waals surface area contributed by atoms with Gasteiger partial charge in [0.2, 0.25) is 0 Å². The van der Waals surface area contributed by atoms with Crippen molar-refractivity contribution in [1.29, 1.82) is 0 Å². The van der Waals surface area contributed by atoms with Gasteiger partial charge in [0.15, 0.2) is 5.11 Å². The van der Waals surface area contributed by atoms with E-state index in [1.165, 1.54) is 23.1 Å². The molecule has 0 unspecified atom stereocenters. The number of quaternary nitrogens is 1. The highest BCUT2D eigenvalue weighted by Crippen LogP contribution is 2.29.